The SMILES string of the molecule is COc1ccc2c(c1)CCC(c1ccc(SC)cc1)=C2Oc1ccc(OCCN2CCCCC2)cc1. The van der Waals surface area contributed by atoms with Crippen molar-refractivity contribution in [1.82, 2.24) is 4.90 Å². The van der Waals surface area contributed by atoms with Gasteiger partial charge in [0, 0.05) is 22.6 Å². The standard InChI is InChI=1S/C31H35NO3S/c1-33-27-13-17-30-24(22-27)8-16-29(23-6-14-28(36-2)15-7-23)31(30)35-26-11-9-25(10-12-26)34-21-20-32-18-4-3-5-19-32/h6-7,9-15,17,22H,3-5,8,16,18-21H2,1-2H3. The fraction of sp³-hybridized carbons (Fsp3) is 0.355. The van der Waals surface area contributed by atoms with Crippen molar-refractivity contribution in [3.63, 3.8) is 0 Å². The Morgan fingerprint density at radius 1 is 0.806 bits per heavy atom. The van der Waals surface area contributed by atoms with Gasteiger partial charge in [-0.15, -0.1) is 11.8 Å². The van der Waals surface area contributed by atoms with Crippen LogP contribution < -0.4 is 14.2 Å². The molecule has 0 radical (unpaired) electrons. The van der Waals surface area contributed by atoms with Crippen LogP contribution in [0.15, 0.2) is 71.6 Å². The van der Waals surface area contributed by atoms with Gasteiger partial charge < -0.3 is 14.2 Å². The molecule has 0 bridgehead atoms. The van der Waals surface area contributed by atoms with Crippen molar-refractivity contribution in [1.29, 1.82) is 0 Å². The third-order valence-corrected chi connectivity index (χ3v) is 7.83. The van der Waals surface area contributed by atoms with Gasteiger partial charge in [0.1, 0.15) is 29.6 Å². The third-order valence-electron chi connectivity index (χ3n) is 7.08. The average molecular weight is 502 g/mol. The van der Waals surface area contributed by atoms with Crippen LogP contribution in [0.4, 0.5) is 0 Å². The Labute approximate surface area is 219 Å². The maximum Gasteiger partial charge on any atom is 0.138 e. The van der Waals surface area contributed by atoms with Crippen LogP contribution in [-0.2, 0) is 6.42 Å². The molecule has 188 valence electrons. The molecule has 1 heterocycles. The van der Waals surface area contributed by atoms with Crippen LogP contribution in [0.1, 0.15) is 42.4 Å². The van der Waals surface area contributed by atoms with E-state index in [0.29, 0.717) is 0 Å². The molecule has 1 fully saturated rings. The minimum atomic E-state index is 0.719. The second-order valence-corrected chi connectivity index (χ2v) is 10.3. The van der Waals surface area contributed by atoms with Crippen molar-refractivity contribution in [2.24, 2.45) is 0 Å². The Kier molecular flexibility index (Phi) is 8.19. The zero-order valence-corrected chi connectivity index (χ0v) is 22.1. The monoisotopic (exact) mass is 501 g/mol. The van der Waals surface area contributed by atoms with Crippen LogP contribution >= 0.6 is 11.8 Å². The normalized spacial score (nSPS) is 15.9. The van der Waals surface area contributed by atoms with Crippen LogP contribution in [0.25, 0.3) is 11.3 Å². The molecule has 36 heavy (non-hydrogen) atoms. The summed E-state index contributed by atoms with van der Waals surface area (Å²) in [5, 5.41) is 0. The van der Waals surface area contributed by atoms with Gasteiger partial charge in [-0.1, -0.05) is 18.6 Å². The molecule has 0 unspecified atom stereocenters. The van der Waals surface area contributed by atoms with Gasteiger partial charge in [0.25, 0.3) is 0 Å². The summed E-state index contributed by atoms with van der Waals surface area (Å²) in [5.41, 5.74) is 4.84. The fourth-order valence-corrected chi connectivity index (χ4v) is 5.45. The fourth-order valence-electron chi connectivity index (χ4n) is 5.04. The molecule has 1 aliphatic carbocycles. The predicted molar refractivity (Wildman–Crippen MR) is 149 cm³/mol. The number of rotatable bonds is 9. The number of thioether (sulfide) groups is 1. The van der Waals surface area contributed by atoms with Gasteiger partial charge in [-0.2, -0.15) is 0 Å². The number of allylic oxidation sites excluding steroid dienone is 1. The van der Waals surface area contributed by atoms with E-state index < -0.39 is 0 Å². The zero-order valence-electron chi connectivity index (χ0n) is 21.3. The van der Waals surface area contributed by atoms with Gasteiger partial charge in [0.15, 0.2) is 0 Å². The summed E-state index contributed by atoms with van der Waals surface area (Å²) in [6.07, 6.45) is 7.96. The van der Waals surface area contributed by atoms with E-state index in [2.05, 4.69) is 47.6 Å². The van der Waals surface area contributed by atoms with E-state index in [9.17, 15) is 0 Å². The Bertz CT molecular complexity index is 1180. The van der Waals surface area contributed by atoms with Gasteiger partial charge in [-0.05, 0) is 111 Å². The van der Waals surface area contributed by atoms with Crippen molar-refractivity contribution in [3.8, 4) is 17.2 Å². The lowest BCUT2D eigenvalue weighted by Crippen LogP contribution is -2.33. The first-order chi connectivity index (χ1) is 17.7. The molecule has 2 aliphatic rings. The topological polar surface area (TPSA) is 30.9 Å². The number of piperidine rings is 1. The number of hydrogen-bond acceptors (Lipinski definition) is 5. The summed E-state index contributed by atoms with van der Waals surface area (Å²) in [4.78, 5) is 3.76. The highest BCUT2D eigenvalue weighted by atomic mass is 32.2. The van der Waals surface area contributed by atoms with E-state index in [1.807, 2.05) is 30.3 Å². The largest absolute Gasteiger partial charge is 0.497 e. The molecule has 0 amide bonds. The molecule has 5 rings (SSSR count). The first kappa shape index (κ1) is 24.8. The molecule has 0 N–H and O–H groups in total. The van der Waals surface area contributed by atoms with Gasteiger partial charge in [0.05, 0.1) is 7.11 Å². The molecular weight excluding hydrogens is 466 g/mol. The van der Waals surface area contributed by atoms with E-state index in [1.54, 1.807) is 18.9 Å². The van der Waals surface area contributed by atoms with Gasteiger partial charge >= 0.3 is 0 Å². The third kappa shape index (κ3) is 5.91. The van der Waals surface area contributed by atoms with Gasteiger partial charge in [0.2, 0.25) is 0 Å². The maximum atomic E-state index is 6.60. The molecular formula is C31H35NO3S. The lowest BCUT2D eigenvalue weighted by Gasteiger charge is -2.26. The van der Waals surface area contributed by atoms with Crippen molar-refractivity contribution < 1.29 is 14.2 Å². The van der Waals surface area contributed by atoms with Crippen molar-refractivity contribution in [2.75, 3.05) is 39.6 Å². The summed E-state index contributed by atoms with van der Waals surface area (Å²) < 4.78 is 18.1. The number of likely N-dealkylation sites (tertiary alicyclic amines) is 1. The number of benzene rings is 3. The van der Waals surface area contributed by atoms with Crippen molar-refractivity contribution >= 4 is 23.1 Å². The predicted octanol–water partition coefficient (Wildman–Crippen LogP) is 7.18. The summed E-state index contributed by atoms with van der Waals surface area (Å²) in [5.74, 6) is 3.51. The molecule has 3 aromatic carbocycles. The van der Waals surface area contributed by atoms with Gasteiger partial charge in [-0.25, -0.2) is 0 Å². The smallest absolute Gasteiger partial charge is 0.138 e. The average Bonchev–Trinajstić information content (AvgIpc) is 2.94. The molecule has 0 saturated carbocycles. The van der Waals surface area contributed by atoms with E-state index in [-0.39, 0.29) is 0 Å². The zero-order chi connectivity index (χ0) is 24.7. The number of hydrogen-bond donors (Lipinski definition) is 0. The Hall–Kier alpha value is -2.89. The highest BCUT2D eigenvalue weighted by molar-refractivity contribution is 7.98. The lowest BCUT2D eigenvalue weighted by molar-refractivity contribution is 0.183. The van der Waals surface area contributed by atoms with E-state index >= 15 is 0 Å². The molecule has 4 nitrogen and oxygen atoms in total. The van der Waals surface area contributed by atoms with E-state index in [4.69, 9.17) is 14.2 Å². The van der Waals surface area contributed by atoms with Gasteiger partial charge in [-0.3, -0.25) is 4.90 Å². The van der Waals surface area contributed by atoms with Crippen LogP contribution in [0.2, 0.25) is 0 Å². The van der Waals surface area contributed by atoms with Crippen LogP contribution in [-0.4, -0.2) is 44.5 Å². The van der Waals surface area contributed by atoms with E-state index in [1.165, 1.54) is 53.9 Å². The van der Waals surface area contributed by atoms with E-state index in [0.717, 1.165) is 54.6 Å². The summed E-state index contributed by atoms with van der Waals surface area (Å²) in [6, 6.07) is 23.1. The molecule has 1 aliphatic heterocycles. The number of aryl methyl sites for hydroxylation is 1. The minimum Gasteiger partial charge on any atom is -0.497 e. The first-order valence-corrected chi connectivity index (χ1v) is 14.1. The Morgan fingerprint density at radius 3 is 2.25 bits per heavy atom. The molecule has 0 spiro atoms. The highest BCUT2D eigenvalue weighted by Crippen LogP contribution is 2.40. The highest BCUT2D eigenvalue weighted by Gasteiger charge is 2.23. The molecule has 5 heteroatoms. The number of nitrogens with zero attached hydrogens (tertiary/aromatic N) is 1. The second kappa shape index (κ2) is 11.9. The quantitative estimate of drug-likeness (QED) is 0.290. The van der Waals surface area contributed by atoms with Crippen molar-refractivity contribution in [2.45, 2.75) is 37.0 Å². The van der Waals surface area contributed by atoms with Crippen LogP contribution in [0.5, 0.6) is 17.2 Å². The minimum absolute atomic E-state index is 0.719. The summed E-state index contributed by atoms with van der Waals surface area (Å²) in [7, 11) is 1.71. The molecule has 0 atom stereocenters. The number of methoxy groups -OCH3 is 1. The van der Waals surface area contributed by atoms with Crippen molar-refractivity contribution in [3.05, 3.63) is 83.4 Å². The molecule has 1 saturated heterocycles. The summed E-state index contributed by atoms with van der Waals surface area (Å²) in [6.45, 7) is 4.10. The molecule has 0 aromatic heterocycles. The number of ether oxygens (including phenoxy) is 3. The Morgan fingerprint density at radius 2 is 1.53 bits per heavy atom. The Balaban J connectivity index is 1.35. The maximum absolute atomic E-state index is 6.60. The number of fused-ring (bicyclic) bond motifs is 1. The molecule has 3 aromatic rings. The van der Waals surface area contributed by atoms with Crippen LogP contribution in [0.3, 0.4) is 0 Å². The first-order valence-electron chi connectivity index (χ1n) is 12.9. The second-order valence-electron chi connectivity index (χ2n) is 9.38. The van der Waals surface area contributed by atoms with Crippen LogP contribution in [0, 0.1) is 0 Å². The summed E-state index contributed by atoms with van der Waals surface area (Å²) >= 11 is 1.76. The lowest BCUT2D eigenvalue weighted by atomic mass is 9.87.